The fourth-order valence-electron chi connectivity index (χ4n) is 2.47. The second kappa shape index (κ2) is 5.19. The molecule has 1 aliphatic carbocycles. The van der Waals surface area contributed by atoms with E-state index in [1.165, 1.54) is 0 Å². The first-order chi connectivity index (χ1) is 10.4. The summed E-state index contributed by atoms with van der Waals surface area (Å²) in [4.78, 5) is 10.2. The van der Waals surface area contributed by atoms with Crippen molar-refractivity contribution in [3.63, 3.8) is 0 Å². The molecule has 0 bridgehead atoms. The smallest absolute Gasteiger partial charge is 0.335 e. The average molecular weight is 321 g/mol. The lowest BCUT2D eigenvalue weighted by atomic mass is 9.84. The minimum atomic E-state index is -4.05. The number of sulfonamides is 1. The predicted molar refractivity (Wildman–Crippen MR) is 76.6 cm³/mol. The van der Waals surface area contributed by atoms with Crippen LogP contribution in [0.1, 0.15) is 27.5 Å². The summed E-state index contributed by atoms with van der Waals surface area (Å²) < 4.78 is 40.8. The maximum Gasteiger partial charge on any atom is 0.335 e. The van der Waals surface area contributed by atoms with Crippen LogP contribution in [-0.2, 0) is 16.4 Å². The lowest BCUT2D eigenvalue weighted by molar-refractivity contribution is 0.0696. The molecule has 3 rings (SSSR count). The molecule has 0 radical (unpaired) electrons. The first kappa shape index (κ1) is 14.7. The molecule has 1 unspecified atom stereocenters. The van der Waals surface area contributed by atoms with E-state index in [2.05, 4.69) is 4.72 Å². The largest absolute Gasteiger partial charge is 0.478 e. The Morgan fingerprint density at radius 3 is 2.59 bits per heavy atom. The molecule has 1 aliphatic rings. The van der Waals surface area contributed by atoms with Gasteiger partial charge in [0.15, 0.2) is 0 Å². The Morgan fingerprint density at radius 2 is 1.95 bits per heavy atom. The monoisotopic (exact) mass is 321 g/mol. The SMILES string of the molecule is O=C(O)c1ccc(S(=O)(=O)NC2Cc3ccccc32)c(F)c1. The zero-order chi connectivity index (χ0) is 15.9. The quantitative estimate of drug-likeness (QED) is 0.903. The Bertz CT molecular complexity index is 864. The van der Waals surface area contributed by atoms with Gasteiger partial charge in [-0.25, -0.2) is 22.3 Å². The van der Waals surface area contributed by atoms with E-state index in [0.29, 0.717) is 12.5 Å². The average Bonchev–Trinajstić information content (AvgIpc) is 2.44. The van der Waals surface area contributed by atoms with E-state index in [9.17, 15) is 17.6 Å². The highest BCUT2D eigenvalue weighted by Crippen LogP contribution is 2.34. The topological polar surface area (TPSA) is 83.5 Å². The summed E-state index contributed by atoms with van der Waals surface area (Å²) in [6.45, 7) is 0. The van der Waals surface area contributed by atoms with Crippen molar-refractivity contribution in [1.82, 2.24) is 4.72 Å². The molecular weight excluding hydrogens is 309 g/mol. The van der Waals surface area contributed by atoms with Crippen molar-refractivity contribution in [2.75, 3.05) is 0 Å². The molecule has 0 spiro atoms. The summed E-state index contributed by atoms with van der Waals surface area (Å²) in [5.74, 6) is -2.40. The van der Waals surface area contributed by atoms with Gasteiger partial charge in [-0.15, -0.1) is 0 Å². The number of benzene rings is 2. The van der Waals surface area contributed by atoms with Gasteiger partial charge in [0.2, 0.25) is 10.0 Å². The normalized spacial score (nSPS) is 16.7. The second-order valence-electron chi connectivity index (χ2n) is 5.03. The van der Waals surface area contributed by atoms with Crippen LogP contribution in [0, 0.1) is 5.82 Å². The van der Waals surface area contributed by atoms with Crippen LogP contribution in [0.25, 0.3) is 0 Å². The molecule has 7 heteroatoms. The van der Waals surface area contributed by atoms with Gasteiger partial charge in [-0.3, -0.25) is 0 Å². The first-order valence-electron chi connectivity index (χ1n) is 6.51. The molecular formula is C15H12FNO4S. The molecule has 2 N–H and O–H groups in total. The number of aromatic carboxylic acids is 1. The lowest BCUT2D eigenvalue weighted by Gasteiger charge is -2.30. The number of carbonyl (C=O) groups is 1. The number of nitrogens with one attached hydrogen (secondary N) is 1. The number of fused-ring (bicyclic) bond motifs is 1. The van der Waals surface area contributed by atoms with Gasteiger partial charge in [0.1, 0.15) is 10.7 Å². The maximum absolute atomic E-state index is 13.9. The van der Waals surface area contributed by atoms with Gasteiger partial charge < -0.3 is 5.11 Å². The predicted octanol–water partition coefficient (Wildman–Crippen LogP) is 2.10. The number of carboxylic acids is 1. The van der Waals surface area contributed by atoms with E-state index in [1.54, 1.807) is 0 Å². The number of rotatable bonds is 4. The van der Waals surface area contributed by atoms with Crippen LogP contribution in [0.3, 0.4) is 0 Å². The molecule has 0 heterocycles. The molecule has 5 nitrogen and oxygen atoms in total. The van der Waals surface area contributed by atoms with Crippen molar-refractivity contribution in [3.8, 4) is 0 Å². The number of halogens is 1. The van der Waals surface area contributed by atoms with E-state index in [4.69, 9.17) is 5.11 Å². The summed E-state index contributed by atoms with van der Waals surface area (Å²) in [6.07, 6.45) is 0.546. The maximum atomic E-state index is 13.9. The zero-order valence-electron chi connectivity index (χ0n) is 11.3. The van der Waals surface area contributed by atoms with E-state index in [-0.39, 0.29) is 11.6 Å². The fourth-order valence-corrected chi connectivity index (χ4v) is 3.74. The number of carboxylic acid groups (broad SMARTS) is 1. The van der Waals surface area contributed by atoms with Crippen molar-refractivity contribution >= 4 is 16.0 Å². The molecule has 2 aromatic carbocycles. The van der Waals surface area contributed by atoms with Crippen molar-refractivity contribution in [2.24, 2.45) is 0 Å². The van der Waals surface area contributed by atoms with Gasteiger partial charge in [0.25, 0.3) is 0 Å². The molecule has 1 atom stereocenters. The van der Waals surface area contributed by atoms with Crippen LogP contribution in [-0.4, -0.2) is 19.5 Å². The first-order valence-corrected chi connectivity index (χ1v) is 8.00. The van der Waals surface area contributed by atoms with Crippen LogP contribution < -0.4 is 4.72 Å². The Morgan fingerprint density at radius 1 is 1.23 bits per heavy atom. The van der Waals surface area contributed by atoms with E-state index < -0.39 is 26.7 Å². The van der Waals surface area contributed by atoms with Gasteiger partial charge in [0.05, 0.1) is 11.6 Å². The van der Waals surface area contributed by atoms with Crippen LogP contribution in [0.4, 0.5) is 4.39 Å². The zero-order valence-corrected chi connectivity index (χ0v) is 12.1. The van der Waals surface area contributed by atoms with Crippen LogP contribution in [0.5, 0.6) is 0 Å². The molecule has 2 aromatic rings. The second-order valence-corrected chi connectivity index (χ2v) is 6.71. The lowest BCUT2D eigenvalue weighted by Crippen LogP contribution is -2.36. The summed E-state index contributed by atoms with van der Waals surface area (Å²) in [5.41, 5.74) is 1.62. The highest BCUT2D eigenvalue weighted by Gasteiger charge is 2.31. The molecule has 22 heavy (non-hydrogen) atoms. The molecule has 0 saturated heterocycles. The molecule has 0 saturated carbocycles. The minimum Gasteiger partial charge on any atom is -0.478 e. The molecule has 0 amide bonds. The van der Waals surface area contributed by atoms with E-state index >= 15 is 0 Å². The summed E-state index contributed by atoms with van der Waals surface area (Å²) in [6, 6.07) is 9.74. The van der Waals surface area contributed by atoms with Crippen LogP contribution in [0.2, 0.25) is 0 Å². The number of hydrogen-bond donors (Lipinski definition) is 2. The summed E-state index contributed by atoms with van der Waals surface area (Å²) >= 11 is 0. The summed E-state index contributed by atoms with van der Waals surface area (Å²) in [7, 11) is -4.05. The van der Waals surface area contributed by atoms with Crippen molar-refractivity contribution in [2.45, 2.75) is 17.4 Å². The third kappa shape index (κ3) is 2.49. The Balaban J connectivity index is 1.87. The molecule has 0 fully saturated rings. The molecule has 0 aromatic heterocycles. The summed E-state index contributed by atoms with van der Waals surface area (Å²) in [5, 5.41) is 8.77. The molecule has 114 valence electrons. The standard InChI is InChI=1S/C15H12FNO4S/c16-12-7-10(15(18)19)5-6-14(12)22(20,21)17-13-8-9-3-1-2-4-11(9)13/h1-7,13,17H,8H2,(H,18,19). The van der Waals surface area contributed by atoms with Gasteiger partial charge in [-0.05, 0) is 35.7 Å². The number of hydrogen-bond acceptors (Lipinski definition) is 3. The van der Waals surface area contributed by atoms with Gasteiger partial charge in [-0.1, -0.05) is 24.3 Å². The van der Waals surface area contributed by atoms with Crippen molar-refractivity contribution < 1.29 is 22.7 Å². The van der Waals surface area contributed by atoms with Gasteiger partial charge in [-0.2, -0.15) is 0 Å². The Kier molecular flexibility index (Phi) is 3.46. The Labute approximate surface area is 126 Å². The van der Waals surface area contributed by atoms with Crippen LogP contribution >= 0.6 is 0 Å². The van der Waals surface area contributed by atoms with E-state index in [1.807, 2.05) is 24.3 Å². The minimum absolute atomic E-state index is 0.301. The van der Waals surface area contributed by atoms with Crippen LogP contribution in [0.15, 0.2) is 47.4 Å². The Hall–Kier alpha value is -2.25. The van der Waals surface area contributed by atoms with E-state index in [0.717, 1.165) is 23.3 Å². The van der Waals surface area contributed by atoms with Crippen molar-refractivity contribution in [1.29, 1.82) is 0 Å². The highest BCUT2D eigenvalue weighted by molar-refractivity contribution is 7.89. The van der Waals surface area contributed by atoms with Gasteiger partial charge in [0, 0.05) is 0 Å². The fraction of sp³-hybridized carbons (Fsp3) is 0.133. The molecule has 0 aliphatic heterocycles. The third-order valence-corrected chi connectivity index (χ3v) is 5.13. The van der Waals surface area contributed by atoms with Gasteiger partial charge >= 0.3 is 5.97 Å². The highest BCUT2D eigenvalue weighted by atomic mass is 32.2. The third-order valence-electron chi connectivity index (χ3n) is 3.62. The van der Waals surface area contributed by atoms with Crippen molar-refractivity contribution in [3.05, 3.63) is 65.0 Å².